The Bertz CT molecular complexity index is 2000. The number of ether oxygens (including phenoxy) is 2. The van der Waals surface area contributed by atoms with Crippen LogP contribution >= 0.6 is 0 Å². The molecular formula is C41H52B7N6O9. The first kappa shape index (κ1) is 55.3. The monoisotopic (exact) mass is 849 g/mol. The van der Waals surface area contributed by atoms with E-state index in [0.717, 1.165) is 31.6 Å². The molecule has 0 unspecified atom stereocenters. The Hall–Kier alpha value is -5.70. The third kappa shape index (κ3) is 23.9. The van der Waals surface area contributed by atoms with Crippen molar-refractivity contribution in [1.82, 2.24) is 19.6 Å². The average molecular weight is 849 g/mol. The van der Waals surface area contributed by atoms with E-state index < -0.39 is 22.5 Å². The van der Waals surface area contributed by atoms with Gasteiger partial charge in [0.25, 0.3) is 11.4 Å². The molecule has 321 valence electrons. The lowest BCUT2D eigenvalue weighted by Crippen LogP contribution is -2.51. The van der Waals surface area contributed by atoms with E-state index in [2.05, 4.69) is 46.7 Å². The Morgan fingerprint density at radius 2 is 1.13 bits per heavy atom. The summed E-state index contributed by atoms with van der Waals surface area (Å²) in [6.45, 7) is 22.9. The van der Waals surface area contributed by atoms with Crippen molar-refractivity contribution >= 4 is 80.2 Å². The van der Waals surface area contributed by atoms with Gasteiger partial charge in [0.05, 0.1) is 16.3 Å². The van der Waals surface area contributed by atoms with Crippen LogP contribution in [0.4, 0.5) is 21.0 Å². The summed E-state index contributed by atoms with van der Waals surface area (Å²) in [7, 11) is 21.6. The minimum atomic E-state index is -0.550. The number of rotatable bonds is 9. The summed E-state index contributed by atoms with van der Waals surface area (Å²) >= 11 is 0. The molecule has 63 heavy (non-hydrogen) atoms. The minimum absolute atomic E-state index is 0.0277. The van der Waals surface area contributed by atoms with Gasteiger partial charge in [-0.25, -0.2) is 9.59 Å². The molecule has 15 nitrogen and oxygen atoms in total. The highest BCUT2D eigenvalue weighted by Gasteiger charge is 2.28. The van der Waals surface area contributed by atoms with Gasteiger partial charge in [0.1, 0.15) is 11.2 Å². The second-order valence-corrected chi connectivity index (χ2v) is 16.0. The standard InChI is InChI=1S/C17H23N3O5.C17H25N3O4.C7H4.B7/c1-17(2,3)25-16(22)19-9-7-18(8-10-19)15(21)12-13-5-4-6-14(11-13)20(23)24;1-17(2,3)24-16(21)19-11-9-18(10-12-19)8-7-14-5-4-6-15(13-14)20(22)23;1-3-5-7-6-4-2;1-5-7(4)6(2)3/h4-6,11H,7-10,12H2,1-3H3;4-6,13H,7-12H2,1-3H3;1-2H2;. The van der Waals surface area contributed by atoms with Crippen LogP contribution in [0, 0.1) is 20.2 Å². The van der Waals surface area contributed by atoms with Crippen LogP contribution in [-0.4, -0.2) is 168 Å². The quantitative estimate of drug-likeness (QED) is 0.157. The van der Waals surface area contributed by atoms with E-state index in [1.807, 2.05) is 47.6 Å². The summed E-state index contributed by atoms with van der Waals surface area (Å²) in [5.74, 6) is -0.107. The van der Waals surface area contributed by atoms with Crippen LogP contribution in [0.3, 0.4) is 0 Å². The molecule has 2 aliphatic rings. The lowest BCUT2D eigenvalue weighted by atomic mass is 8.76. The third-order valence-electron chi connectivity index (χ3n) is 8.59. The van der Waals surface area contributed by atoms with Gasteiger partial charge in [-0.15, -0.1) is 0 Å². The minimum Gasteiger partial charge on any atom is -0.444 e. The number of nitro benzene ring substituents is 2. The van der Waals surface area contributed by atoms with E-state index in [-0.39, 0.29) is 47.2 Å². The maximum Gasteiger partial charge on any atom is 0.410 e. The summed E-state index contributed by atoms with van der Waals surface area (Å²) in [5, 5.41) is 21.6. The van der Waals surface area contributed by atoms with Crippen molar-refractivity contribution in [3.63, 3.8) is 0 Å². The molecule has 0 atom stereocenters. The molecule has 0 aromatic heterocycles. The SMILES string of the molecule is C=C=C=C=C=C=C.CC(C)(C)OC(=O)N1CCN(C(=O)Cc2cccc([N+](=O)[O-])c2)CC1.CC(C)(C)OC(=O)N1CCN(CCc2cccc([N+](=O)[O-])c2)CC1.[B][B]B([B])B([B])[B]. The molecule has 2 aromatic rings. The summed E-state index contributed by atoms with van der Waals surface area (Å²) in [4.78, 5) is 64.4. The smallest absolute Gasteiger partial charge is 0.410 e. The summed E-state index contributed by atoms with van der Waals surface area (Å²) in [6.07, 6.45) is -0.702. The van der Waals surface area contributed by atoms with E-state index in [1.165, 1.54) is 25.3 Å². The fraction of sp³-hybridized carbons (Fsp3) is 0.463. The molecule has 0 N–H and O–H groups in total. The second-order valence-electron chi connectivity index (χ2n) is 16.0. The highest BCUT2D eigenvalue weighted by molar-refractivity contribution is 7.81. The number of amides is 3. The van der Waals surface area contributed by atoms with Crippen molar-refractivity contribution in [3.8, 4) is 0 Å². The fourth-order valence-corrected chi connectivity index (χ4v) is 5.37. The first-order valence-electron chi connectivity index (χ1n) is 20.0. The van der Waals surface area contributed by atoms with Crippen molar-refractivity contribution in [2.24, 2.45) is 0 Å². The molecule has 0 spiro atoms. The Balaban J connectivity index is 0.000000485. The van der Waals surface area contributed by atoms with E-state index in [9.17, 15) is 34.6 Å². The van der Waals surface area contributed by atoms with Crippen LogP contribution in [0.1, 0.15) is 52.7 Å². The highest BCUT2D eigenvalue weighted by atomic mass is 16.6. The number of non-ortho nitro benzene ring substituents is 2. The van der Waals surface area contributed by atoms with Gasteiger partial charge in [0.2, 0.25) is 5.91 Å². The van der Waals surface area contributed by atoms with Crippen molar-refractivity contribution in [3.05, 3.63) is 122 Å². The number of hydrogen-bond acceptors (Lipinski definition) is 10. The highest BCUT2D eigenvalue weighted by Crippen LogP contribution is 2.17. The number of carbonyl (C=O) groups is 3. The molecule has 0 bridgehead atoms. The van der Waals surface area contributed by atoms with E-state index in [0.29, 0.717) is 44.8 Å². The van der Waals surface area contributed by atoms with Gasteiger partial charge in [-0.2, -0.15) is 0 Å². The lowest BCUT2D eigenvalue weighted by Gasteiger charge is -2.35. The Kier molecular flexibility index (Phi) is 24.7. The Morgan fingerprint density at radius 3 is 1.51 bits per heavy atom. The normalized spacial score (nSPS) is 13.3. The first-order valence-corrected chi connectivity index (χ1v) is 20.0. The van der Waals surface area contributed by atoms with Gasteiger partial charge >= 0.3 is 12.2 Å². The first-order chi connectivity index (χ1) is 29.5. The van der Waals surface area contributed by atoms with E-state index in [1.54, 1.807) is 39.0 Å². The van der Waals surface area contributed by atoms with Crippen molar-refractivity contribution in [1.29, 1.82) is 0 Å². The third-order valence-corrected chi connectivity index (χ3v) is 8.59. The molecule has 0 saturated carbocycles. The average Bonchev–Trinajstić information content (AvgIpc) is 3.22. The zero-order valence-corrected chi connectivity index (χ0v) is 37.2. The Labute approximate surface area is 378 Å². The van der Waals surface area contributed by atoms with Crippen LogP contribution < -0.4 is 0 Å². The molecule has 22 heteroatoms. The maximum atomic E-state index is 12.4. The van der Waals surface area contributed by atoms with Gasteiger partial charge < -0.3 is 24.2 Å². The van der Waals surface area contributed by atoms with Crippen LogP contribution in [0.5, 0.6) is 0 Å². The van der Waals surface area contributed by atoms with Crippen molar-refractivity contribution in [2.45, 2.75) is 65.6 Å². The van der Waals surface area contributed by atoms with E-state index in [4.69, 9.17) is 40.4 Å². The number of piperazine rings is 2. The van der Waals surface area contributed by atoms with Gasteiger partial charge in [-0.05, 0) is 89.4 Å². The topological polar surface area (TPSA) is 169 Å². The van der Waals surface area contributed by atoms with Crippen molar-refractivity contribution in [2.75, 3.05) is 58.9 Å². The fourth-order valence-electron chi connectivity index (χ4n) is 5.37. The van der Waals surface area contributed by atoms with Crippen LogP contribution in [0.25, 0.3) is 0 Å². The van der Waals surface area contributed by atoms with Gasteiger partial charge in [0, 0.05) is 134 Å². The van der Waals surface area contributed by atoms with Gasteiger partial charge in [0.15, 0.2) is 0 Å². The van der Waals surface area contributed by atoms with Crippen LogP contribution in [0.15, 0.2) is 90.3 Å². The summed E-state index contributed by atoms with van der Waals surface area (Å²) in [5.41, 5.74) is 12.6. The molecule has 2 saturated heterocycles. The molecule has 0 aliphatic carbocycles. The predicted molar refractivity (Wildman–Crippen MR) is 251 cm³/mol. The predicted octanol–water partition coefficient (Wildman–Crippen LogP) is 3.82. The molecular weight excluding hydrogens is 796 g/mol. The molecule has 2 heterocycles. The lowest BCUT2D eigenvalue weighted by molar-refractivity contribution is -0.385. The summed E-state index contributed by atoms with van der Waals surface area (Å²) in [6, 6.07) is 12.8. The number of nitrogens with zero attached hydrogens (tertiary/aromatic N) is 6. The second kappa shape index (κ2) is 28.1. The Morgan fingerprint density at radius 1 is 0.714 bits per heavy atom. The van der Waals surface area contributed by atoms with Crippen LogP contribution in [0.2, 0.25) is 0 Å². The molecule has 2 aliphatic heterocycles. The van der Waals surface area contributed by atoms with E-state index >= 15 is 0 Å². The molecule has 4 rings (SSSR count). The maximum absolute atomic E-state index is 12.4. The largest absolute Gasteiger partial charge is 0.444 e. The van der Waals surface area contributed by atoms with Crippen LogP contribution in [-0.2, 0) is 27.1 Å². The number of benzene rings is 2. The molecule has 2 fully saturated rings. The zero-order valence-electron chi connectivity index (χ0n) is 37.2. The number of carbonyl (C=O) groups excluding carboxylic acids is 3. The van der Waals surface area contributed by atoms with Gasteiger partial charge in [-0.3, -0.25) is 29.9 Å². The number of nitro groups is 2. The zero-order chi connectivity index (χ0) is 47.8. The number of hydrogen-bond donors (Lipinski definition) is 0. The van der Waals surface area contributed by atoms with Crippen molar-refractivity contribution < 1.29 is 33.7 Å². The summed E-state index contributed by atoms with van der Waals surface area (Å²) < 4.78 is 10.7. The van der Waals surface area contributed by atoms with Gasteiger partial charge in [-0.1, -0.05) is 35.7 Å². The molecule has 2 aromatic carbocycles. The molecule has 9 radical (unpaired) electrons. The molecule has 3 amide bonds.